The number of nitrogens with one attached hydrogen (secondary N) is 1. The zero-order valence-electron chi connectivity index (χ0n) is 16.6. The van der Waals surface area contributed by atoms with Crippen LogP contribution in [0.15, 0.2) is 54.6 Å². The average Bonchev–Trinajstić information content (AvgIpc) is 2.97. The molecule has 0 radical (unpaired) electrons. The molecular formula is C24H28NO3+. The number of hydrogen-bond donors (Lipinski definition) is 1. The highest BCUT2D eigenvalue weighted by molar-refractivity contribution is 5.97. The Morgan fingerprint density at radius 2 is 1.82 bits per heavy atom. The number of Topliss-reactive ketones (excluding diaryl/α,β-unsaturated/α-hetero) is 2. The summed E-state index contributed by atoms with van der Waals surface area (Å²) in [6, 6.07) is 18.1. The number of ketones is 2. The van der Waals surface area contributed by atoms with Gasteiger partial charge in [0.15, 0.2) is 5.78 Å². The predicted octanol–water partition coefficient (Wildman–Crippen LogP) is 2.69. The van der Waals surface area contributed by atoms with E-state index in [2.05, 4.69) is 7.05 Å². The van der Waals surface area contributed by atoms with Crippen LogP contribution in [0.5, 0.6) is 5.75 Å². The minimum absolute atomic E-state index is 0.0925. The van der Waals surface area contributed by atoms with E-state index in [0.29, 0.717) is 36.3 Å². The van der Waals surface area contributed by atoms with Crippen LogP contribution in [0.2, 0.25) is 0 Å². The van der Waals surface area contributed by atoms with Gasteiger partial charge in [-0.2, -0.15) is 0 Å². The highest BCUT2D eigenvalue weighted by Gasteiger charge is 2.51. The molecule has 2 saturated heterocycles. The van der Waals surface area contributed by atoms with Gasteiger partial charge in [0.1, 0.15) is 11.5 Å². The molecule has 2 aromatic carbocycles. The van der Waals surface area contributed by atoms with Crippen molar-refractivity contribution in [2.24, 2.45) is 5.92 Å². The van der Waals surface area contributed by atoms with Crippen LogP contribution in [0.25, 0.3) is 0 Å². The fourth-order valence-electron chi connectivity index (χ4n) is 5.22. The van der Waals surface area contributed by atoms with Crippen LogP contribution < -0.4 is 9.64 Å². The van der Waals surface area contributed by atoms with Crippen LogP contribution in [0.3, 0.4) is 0 Å². The summed E-state index contributed by atoms with van der Waals surface area (Å²) in [5, 5.41) is 0. The first-order valence-corrected chi connectivity index (χ1v) is 10.2. The number of carbonyl (C=O) groups excluding carboxylic acids is 2. The molecule has 4 heteroatoms. The summed E-state index contributed by atoms with van der Waals surface area (Å²) in [6.45, 7) is 0. The Kier molecular flexibility index (Phi) is 5.31. The molecule has 28 heavy (non-hydrogen) atoms. The van der Waals surface area contributed by atoms with Crippen molar-refractivity contribution in [1.82, 2.24) is 0 Å². The van der Waals surface area contributed by atoms with E-state index in [1.807, 2.05) is 54.6 Å². The number of piperidine rings is 1. The van der Waals surface area contributed by atoms with Crippen molar-refractivity contribution in [3.8, 4) is 5.75 Å². The summed E-state index contributed by atoms with van der Waals surface area (Å²) < 4.78 is 5.29. The topological polar surface area (TPSA) is 47.8 Å². The second-order valence-corrected chi connectivity index (χ2v) is 8.19. The zero-order chi connectivity index (χ0) is 19.7. The number of fused-ring (bicyclic) bond motifs is 2. The Labute approximate surface area is 166 Å². The van der Waals surface area contributed by atoms with Gasteiger partial charge in [-0.05, 0) is 17.7 Å². The minimum atomic E-state index is -0.0974. The number of ether oxygens (including phenoxy) is 1. The molecule has 146 valence electrons. The van der Waals surface area contributed by atoms with Gasteiger partial charge in [0, 0.05) is 30.7 Å². The molecular weight excluding hydrogens is 350 g/mol. The molecule has 0 aliphatic carbocycles. The lowest BCUT2D eigenvalue weighted by atomic mass is 9.73. The number of methoxy groups -OCH3 is 1. The van der Waals surface area contributed by atoms with Gasteiger partial charge in [-0.25, -0.2) is 0 Å². The summed E-state index contributed by atoms with van der Waals surface area (Å²) in [5.41, 5.74) is 1.77. The Hall–Kier alpha value is -2.46. The number of benzene rings is 2. The standard InChI is InChI=1S/C24H27NO3/c1-25-18-10-13-21(25)24(23(27)14-18)20(16-8-11-19(28-2)12-9-16)15-22(26)17-6-4-3-5-7-17/h3-9,11-12,18,20-21,24H,10,13-15H2,1-2H3/p+1/t18-,20-,21+,24-/m0/s1. The summed E-state index contributed by atoms with van der Waals surface area (Å²) in [5.74, 6) is 1.03. The number of hydrogen-bond acceptors (Lipinski definition) is 3. The van der Waals surface area contributed by atoms with Gasteiger partial charge < -0.3 is 9.64 Å². The molecule has 0 amide bonds. The smallest absolute Gasteiger partial charge is 0.163 e. The van der Waals surface area contributed by atoms with Crippen LogP contribution in [0.1, 0.15) is 47.5 Å². The maximum Gasteiger partial charge on any atom is 0.163 e. The van der Waals surface area contributed by atoms with Gasteiger partial charge in [0.2, 0.25) is 0 Å². The van der Waals surface area contributed by atoms with Crippen LogP contribution in [-0.2, 0) is 4.79 Å². The third-order valence-corrected chi connectivity index (χ3v) is 6.79. The van der Waals surface area contributed by atoms with E-state index in [4.69, 9.17) is 4.74 Å². The Morgan fingerprint density at radius 1 is 1.11 bits per heavy atom. The lowest BCUT2D eigenvalue weighted by Crippen LogP contribution is -3.16. The van der Waals surface area contributed by atoms with Crippen molar-refractivity contribution in [3.05, 3.63) is 65.7 Å². The molecule has 2 aromatic rings. The fraction of sp³-hybridized carbons (Fsp3) is 0.417. The molecule has 0 aromatic heterocycles. The van der Waals surface area contributed by atoms with E-state index in [1.165, 1.54) is 4.90 Å². The molecule has 0 spiro atoms. The zero-order valence-corrected chi connectivity index (χ0v) is 16.6. The van der Waals surface area contributed by atoms with E-state index in [-0.39, 0.29) is 17.6 Å². The van der Waals surface area contributed by atoms with Gasteiger partial charge in [0.25, 0.3) is 0 Å². The van der Waals surface area contributed by atoms with Gasteiger partial charge >= 0.3 is 0 Å². The van der Waals surface area contributed by atoms with E-state index >= 15 is 0 Å². The van der Waals surface area contributed by atoms with Crippen molar-refractivity contribution < 1.29 is 19.2 Å². The van der Waals surface area contributed by atoms with Gasteiger partial charge in [-0.1, -0.05) is 42.5 Å². The van der Waals surface area contributed by atoms with Crippen molar-refractivity contribution in [2.75, 3.05) is 14.2 Å². The lowest BCUT2D eigenvalue weighted by molar-refractivity contribution is -0.922. The first-order chi connectivity index (χ1) is 13.6. The summed E-state index contributed by atoms with van der Waals surface area (Å²) in [4.78, 5) is 27.6. The molecule has 2 fully saturated rings. The first-order valence-electron chi connectivity index (χ1n) is 10.2. The molecule has 2 heterocycles. The molecule has 4 rings (SSSR count). The maximum absolute atomic E-state index is 13.1. The van der Waals surface area contributed by atoms with Crippen molar-refractivity contribution in [1.29, 1.82) is 0 Å². The van der Waals surface area contributed by atoms with Gasteiger partial charge in [-0.15, -0.1) is 0 Å². The second-order valence-electron chi connectivity index (χ2n) is 8.19. The van der Waals surface area contributed by atoms with Crippen molar-refractivity contribution in [2.45, 2.75) is 43.7 Å². The van der Waals surface area contributed by atoms with Crippen LogP contribution >= 0.6 is 0 Å². The first kappa shape index (κ1) is 18.9. The van der Waals surface area contributed by atoms with E-state index < -0.39 is 0 Å². The van der Waals surface area contributed by atoms with Crippen molar-refractivity contribution in [3.63, 3.8) is 0 Å². The fourth-order valence-corrected chi connectivity index (χ4v) is 5.22. The summed E-state index contributed by atoms with van der Waals surface area (Å²) in [6.07, 6.45) is 3.18. The lowest BCUT2D eigenvalue weighted by Gasteiger charge is -2.37. The minimum Gasteiger partial charge on any atom is -0.497 e. The van der Waals surface area contributed by atoms with E-state index in [0.717, 1.165) is 24.2 Å². The molecule has 2 aliphatic rings. The van der Waals surface area contributed by atoms with E-state index in [1.54, 1.807) is 7.11 Å². The third-order valence-electron chi connectivity index (χ3n) is 6.79. The Bertz CT molecular complexity index is 846. The highest BCUT2D eigenvalue weighted by Crippen LogP contribution is 2.38. The van der Waals surface area contributed by atoms with Crippen molar-refractivity contribution >= 4 is 11.6 Å². The Morgan fingerprint density at radius 3 is 2.50 bits per heavy atom. The quantitative estimate of drug-likeness (QED) is 0.787. The van der Waals surface area contributed by atoms with Crippen LogP contribution in [0.4, 0.5) is 0 Å². The summed E-state index contributed by atoms with van der Waals surface area (Å²) in [7, 11) is 3.86. The SMILES string of the molecule is COc1ccc([C@H](CC(=O)c2ccccc2)[C@@H]2C(=O)C[C@@H]3CC[C@H]2[NH+]3C)cc1. The normalized spacial score (nSPS) is 27.4. The molecule has 2 bridgehead atoms. The summed E-state index contributed by atoms with van der Waals surface area (Å²) >= 11 is 0. The molecule has 1 unspecified atom stereocenters. The van der Waals surface area contributed by atoms with Crippen LogP contribution in [0, 0.1) is 5.92 Å². The molecule has 0 saturated carbocycles. The largest absolute Gasteiger partial charge is 0.497 e. The molecule has 5 atom stereocenters. The van der Waals surface area contributed by atoms with E-state index in [9.17, 15) is 9.59 Å². The van der Waals surface area contributed by atoms with Crippen LogP contribution in [-0.4, -0.2) is 37.8 Å². The number of quaternary nitrogens is 1. The number of rotatable bonds is 6. The maximum atomic E-state index is 13.1. The average molecular weight is 378 g/mol. The molecule has 4 nitrogen and oxygen atoms in total. The molecule has 2 aliphatic heterocycles. The third kappa shape index (κ3) is 3.49. The second kappa shape index (κ2) is 7.88. The Balaban J connectivity index is 1.68. The molecule has 1 N–H and O–H groups in total. The predicted molar refractivity (Wildman–Crippen MR) is 108 cm³/mol. The van der Waals surface area contributed by atoms with Gasteiger partial charge in [0.05, 0.1) is 38.6 Å². The highest BCUT2D eigenvalue weighted by atomic mass is 16.5. The monoisotopic (exact) mass is 378 g/mol. The van der Waals surface area contributed by atoms with Gasteiger partial charge in [-0.3, -0.25) is 9.59 Å². The number of carbonyl (C=O) groups is 2.